The summed E-state index contributed by atoms with van der Waals surface area (Å²) in [5, 5.41) is 3.27. The second-order valence-electron chi connectivity index (χ2n) is 8.41. The molecule has 36 heavy (non-hydrogen) atoms. The standard InChI is InChI=1S/C28H24Cl2N2O4/c1-3-4-5-18-6-13-22(14-7-18)32-26(33)24(30)25(27(32)34)31-21-11-8-19(9-12-21)28(35)36-23-15-10-20(29)16-17(23)2/h6-16,31H,3-5H2,1-2H3. The summed E-state index contributed by atoms with van der Waals surface area (Å²) in [5.74, 6) is -1.26. The molecule has 0 saturated carbocycles. The minimum Gasteiger partial charge on any atom is -0.423 e. The van der Waals surface area contributed by atoms with Crippen LogP contribution in [-0.4, -0.2) is 17.8 Å². The summed E-state index contributed by atoms with van der Waals surface area (Å²) in [4.78, 5) is 39.4. The highest BCUT2D eigenvalue weighted by Crippen LogP contribution is 2.30. The van der Waals surface area contributed by atoms with Gasteiger partial charge in [0.05, 0.1) is 11.3 Å². The van der Waals surface area contributed by atoms with Crippen LogP contribution in [0.15, 0.2) is 77.5 Å². The molecule has 0 unspecified atom stereocenters. The van der Waals surface area contributed by atoms with E-state index >= 15 is 0 Å². The van der Waals surface area contributed by atoms with E-state index in [2.05, 4.69) is 12.2 Å². The highest BCUT2D eigenvalue weighted by atomic mass is 35.5. The predicted octanol–water partition coefficient (Wildman–Crippen LogP) is 6.65. The van der Waals surface area contributed by atoms with Crippen LogP contribution in [0.1, 0.15) is 41.3 Å². The number of anilines is 2. The average molecular weight is 523 g/mol. The normalized spacial score (nSPS) is 13.4. The summed E-state index contributed by atoms with van der Waals surface area (Å²) in [6.07, 6.45) is 3.09. The maximum Gasteiger partial charge on any atom is 0.343 e. The highest BCUT2D eigenvalue weighted by molar-refractivity contribution is 6.53. The molecular weight excluding hydrogens is 499 g/mol. The van der Waals surface area contributed by atoms with Crippen LogP contribution < -0.4 is 15.0 Å². The van der Waals surface area contributed by atoms with Crippen molar-refractivity contribution in [1.82, 2.24) is 0 Å². The molecule has 8 heteroatoms. The molecule has 0 spiro atoms. The largest absolute Gasteiger partial charge is 0.423 e. The second-order valence-corrected chi connectivity index (χ2v) is 9.22. The molecular formula is C28H24Cl2N2O4. The van der Waals surface area contributed by atoms with E-state index < -0.39 is 17.8 Å². The Labute approximate surface area is 219 Å². The fourth-order valence-corrected chi connectivity index (χ4v) is 4.20. The van der Waals surface area contributed by atoms with Crippen molar-refractivity contribution in [2.24, 2.45) is 0 Å². The lowest BCUT2D eigenvalue weighted by Gasteiger charge is -2.15. The zero-order valence-corrected chi connectivity index (χ0v) is 21.3. The molecule has 6 nitrogen and oxygen atoms in total. The maximum absolute atomic E-state index is 13.0. The van der Waals surface area contributed by atoms with E-state index in [9.17, 15) is 14.4 Å². The van der Waals surface area contributed by atoms with E-state index in [4.69, 9.17) is 27.9 Å². The number of hydrogen-bond acceptors (Lipinski definition) is 5. The number of unbranched alkanes of at least 4 members (excludes halogenated alkanes) is 1. The molecule has 1 heterocycles. The molecule has 4 rings (SSSR count). The molecule has 0 aromatic heterocycles. The van der Waals surface area contributed by atoms with Crippen LogP contribution in [0.25, 0.3) is 0 Å². The van der Waals surface area contributed by atoms with Crippen molar-refractivity contribution in [2.75, 3.05) is 10.2 Å². The number of carbonyl (C=O) groups is 3. The van der Waals surface area contributed by atoms with Crippen molar-refractivity contribution in [2.45, 2.75) is 33.1 Å². The van der Waals surface area contributed by atoms with Crippen molar-refractivity contribution in [3.63, 3.8) is 0 Å². The zero-order valence-electron chi connectivity index (χ0n) is 19.8. The third kappa shape index (κ3) is 5.45. The minimum absolute atomic E-state index is 0.0242. The van der Waals surface area contributed by atoms with Crippen LogP contribution in [0.2, 0.25) is 5.02 Å². The van der Waals surface area contributed by atoms with Crippen LogP contribution >= 0.6 is 23.2 Å². The van der Waals surface area contributed by atoms with E-state index in [-0.39, 0.29) is 10.7 Å². The van der Waals surface area contributed by atoms with Gasteiger partial charge < -0.3 is 10.1 Å². The summed E-state index contributed by atoms with van der Waals surface area (Å²) in [7, 11) is 0. The van der Waals surface area contributed by atoms with Crippen molar-refractivity contribution >= 4 is 52.4 Å². The fraction of sp³-hybridized carbons (Fsp3) is 0.179. The third-order valence-corrected chi connectivity index (χ3v) is 6.36. The van der Waals surface area contributed by atoms with Gasteiger partial charge in [0, 0.05) is 10.7 Å². The van der Waals surface area contributed by atoms with Crippen molar-refractivity contribution < 1.29 is 19.1 Å². The Hall–Kier alpha value is -3.61. The summed E-state index contributed by atoms with van der Waals surface area (Å²) in [6.45, 7) is 3.92. The summed E-state index contributed by atoms with van der Waals surface area (Å²) in [6, 6.07) is 18.6. The fourth-order valence-electron chi connectivity index (χ4n) is 3.76. The highest BCUT2D eigenvalue weighted by Gasteiger charge is 2.38. The number of aryl methyl sites for hydroxylation is 2. The zero-order chi connectivity index (χ0) is 25.8. The van der Waals surface area contributed by atoms with E-state index in [1.54, 1.807) is 61.5 Å². The summed E-state index contributed by atoms with van der Waals surface area (Å²) >= 11 is 12.2. The molecule has 2 amide bonds. The first-order valence-electron chi connectivity index (χ1n) is 11.5. The quantitative estimate of drug-likeness (QED) is 0.203. The number of imide groups is 1. The van der Waals surface area contributed by atoms with E-state index in [1.807, 2.05) is 12.1 Å². The number of amides is 2. The second kappa shape index (κ2) is 11.0. The Bertz CT molecular complexity index is 1350. The molecule has 0 radical (unpaired) electrons. The van der Waals surface area contributed by atoms with Gasteiger partial charge >= 0.3 is 5.97 Å². The number of esters is 1. The van der Waals surface area contributed by atoms with Crippen LogP contribution in [0.4, 0.5) is 11.4 Å². The first-order chi connectivity index (χ1) is 17.3. The van der Waals surface area contributed by atoms with Gasteiger partial charge in [-0.3, -0.25) is 9.59 Å². The van der Waals surface area contributed by atoms with E-state index in [1.165, 1.54) is 0 Å². The number of hydrogen-bond donors (Lipinski definition) is 1. The molecule has 184 valence electrons. The summed E-state index contributed by atoms with van der Waals surface area (Å²) in [5.41, 5.74) is 3.11. The van der Waals surface area contributed by atoms with Crippen LogP contribution in [0, 0.1) is 6.92 Å². The van der Waals surface area contributed by atoms with Crippen LogP contribution in [0.3, 0.4) is 0 Å². The topological polar surface area (TPSA) is 75.7 Å². The third-order valence-electron chi connectivity index (χ3n) is 5.77. The van der Waals surface area contributed by atoms with E-state index in [0.29, 0.717) is 27.7 Å². The maximum atomic E-state index is 13.0. The monoisotopic (exact) mass is 522 g/mol. The van der Waals surface area contributed by atoms with Gasteiger partial charge in [0.25, 0.3) is 11.8 Å². The molecule has 0 bridgehead atoms. The Balaban J connectivity index is 1.44. The molecule has 3 aromatic rings. The molecule has 0 fully saturated rings. The first kappa shape index (κ1) is 25.5. The molecule has 1 aliphatic heterocycles. The van der Waals surface area contributed by atoms with Gasteiger partial charge in [-0.05, 0) is 85.5 Å². The van der Waals surface area contributed by atoms with Gasteiger partial charge in [0.2, 0.25) is 0 Å². The van der Waals surface area contributed by atoms with Gasteiger partial charge in [0.15, 0.2) is 0 Å². The summed E-state index contributed by atoms with van der Waals surface area (Å²) < 4.78 is 5.45. The van der Waals surface area contributed by atoms with Crippen molar-refractivity contribution in [3.8, 4) is 5.75 Å². The lowest BCUT2D eigenvalue weighted by atomic mass is 10.1. The van der Waals surface area contributed by atoms with Gasteiger partial charge in [-0.15, -0.1) is 0 Å². The van der Waals surface area contributed by atoms with Gasteiger partial charge in [-0.1, -0.05) is 48.7 Å². The molecule has 3 aromatic carbocycles. The van der Waals surface area contributed by atoms with Gasteiger partial charge in [-0.25, -0.2) is 9.69 Å². The average Bonchev–Trinajstić information content (AvgIpc) is 3.08. The Morgan fingerprint density at radius 2 is 1.64 bits per heavy atom. The Kier molecular flexibility index (Phi) is 7.77. The number of benzene rings is 3. The lowest BCUT2D eigenvalue weighted by Crippen LogP contribution is -2.32. The first-order valence-corrected chi connectivity index (χ1v) is 12.3. The molecule has 0 atom stereocenters. The predicted molar refractivity (Wildman–Crippen MR) is 142 cm³/mol. The number of nitrogens with one attached hydrogen (secondary N) is 1. The SMILES string of the molecule is CCCCc1ccc(N2C(=O)C(Cl)=C(Nc3ccc(C(=O)Oc4ccc(Cl)cc4C)cc3)C2=O)cc1. The van der Waals surface area contributed by atoms with Crippen molar-refractivity contribution in [3.05, 3.63) is 99.2 Å². The molecule has 0 aliphatic carbocycles. The van der Waals surface area contributed by atoms with Crippen molar-refractivity contribution in [1.29, 1.82) is 0 Å². The molecule has 1 aliphatic rings. The number of carbonyl (C=O) groups excluding carboxylic acids is 3. The number of nitrogens with zero attached hydrogens (tertiary/aromatic N) is 1. The minimum atomic E-state index is -0.594. The van der Waals surface area contributed by atoms with Gasteiger partial charge in [-0.2, -0.15) is 0 Å². The molecule has 0 saturated heterocycles. The van der Waals surface area contributed by atoms with E-state index in [0.717, 1.165) is 35.3 Å². The number of rotatable bonds is 8. The smallest absolute Gasteiger partial charge is 0.343 e. The Morgan fingerprint density at radius 3 is 2.28 bits per heavy atom. The number of ether oxygens (including phenoxy) is 1. The lowest BCUT2D eigenvalue weighted by molar-refractivity contribution is -0.120. The van der Waals surface area contributed by atoms with Gasteiger partial charge in [0.1, 0.15) is 16.5 Å². The van der Waals surface area contributed by atoms with Crippen LogP contribution in [0.5, 0.6) is 5.75 Å². The number of halogens is 2. The van der Waals surface area contributed by atoms with Crippen LogP contribution in [-0.2, 0) is 16.0 Å². The molecule has 1 N–H and O–H groups in total. The Morgan fingerprint density at radius 1 is 0.944 bits per heavy atom.